The molecule has 3 nitrogen and oxygen atoms in total. The lowest BCUT2D eigenvalue weighted by atomic mass is 10.1. The molecule has 0 aliphatic carbocycles. The summed E-state index contributed by atoms with van der Waals surface area (Å²) in [7, 11) is 0. The number of hydrogen-bond donors (Lipinski definition) is 1. The lowest BCUT2D eigenvalue weighted by Crippen LogP contribution is -2.37. The lowest BCUT2D eigenvalue weighted by Gasteiger charge is -2.27. The molecular weight excluding hydrogens is 304 g/mol. The molecule has 0 spiro atoms. The van der Waals surface area contributed by atoms with E-state index in [0.29, 0.717) is 23.1 Å². The normalized spacial score (nSPS) is 11.1. The van der Waals surface area contributed by atoms with E-state index in [9.17, 15) is 4.79 Å². The molecule has 0 saturated carbocycles. The summed E-state index contributed by atoms with van der Waals surface area (Å²) in [4.78, 5) is 14.5. The highest BCUT2D eigenvalue weighted by atomic mass is 79.9. The van der Waals surface area contributed by atoms with Crippen LogP contribution >= 0.6 is 15.9 Å². The van der Waals surface area contributed by atoms with Crippen molar-refractivity contribution in [3.63, 3.8) is 0 Å². The van der Waals surface area contributed by atoms with Gasteiger partial charge in [-0.2, -0.15) is 0 Å². The summed E-state index contributed by atoms with van der Waals surface area (Å²) in [6.45, 7) is 10.0. The summed E-state index contributed by atoms with van der Waals surface area (Å²) in [5, 5.41) is 0. The number of anilines is 1. The quantitative estimate of drug-likeness (QED) is 0.837. The Labute approximate surface area is 124 Å². The van der Waals surface area contributed by atoms with Gasteiger partial charge in [0.25, 0.3) is 5.91 Å². The molecule has 0 aliphatic rings. The molecule has 106 valence electrons. The standard InChI is InChI=1S/C15H23BrN2O/c1-10(2)8-18(9-11(3)4)15(19)13-7-12(17)5-6-14(13)16/h5-7,10-11H,8-9,17H2,1-4H3. The number of benzene rings is 1. The lowest BCUT2D eigenvalue weighted by molar-refractivity contribution is 0.0714. The monoisotopic (exact) mass is 326 g/mol. The number of carbonyl (C=O) groups is 1. The fourth-order valence-electron chi connectivity index (χ4n) is 2.00. The Hall–Kier alpha value is -1.03. The van der Waals surface area contributed by atoms with Gasteiger partial charge in [-0.05, 0) is 46.0 Å². The Morgan fingerprint density at radius 2 is 1.74 bits per heavy atom. The first-order valence-electron chi connectivity index (χ1n) is 6.65. The summed E-state index contributed by atoms with van der Waals surface area (Å²) in [6, 6.07) is 5.35. The molecular formula is C15H23BrN2O. The zero-order valence-corrected chi connectivity index (χ0v) is 13.7. The van der Waals surface area contributed by atoms with Gasteiger partial charge in [-0.1, -0.05) is 27.7 Å². The molecule has 0 bridgehead atoms. The van der Waals surface area contributed by atoms with Crippen molar-refractivity contribution >= 4 is 27.5 Å². The highest BCUT2D eigenvalue weighted by molar-refractivity contribution is 9.10. The number of nitrogens with zero attached hydrogens (tertiary/aromatic N) is 1. The summed E-state index contributed by atoms with van der Waals surface area (Å²) < 4.78 is 0.796. The maximum absolute atomic E-state index is 12.6. The minimum absolute atomic E-state index is 0.0431. The van der Waals surface area contributed by atoms with Gasteiger partial charge in [0.2, 0.25) is 0 Å². The van der Waals surface area contributed by atoms with Gasteiger partial charge in [0.1, 0.15) is 0 Å². The molecule has 0 heterocycles. The van der Waals surface area contributed by atoms with Crippen molar-refractivity contribution in [3.05, 3.63) is 28.2 Å². The Balaban J connectivity index is 3.00. The van der Waals surface area contributed by atoms with E-state index in [2.05, 4.69) is 43.6 Å². The van der Waals surface area contributed by atoms with Gasteiger partial charge in [0.15, 0.2) is 0 Å². The van der Waals surface area contributed by atoms with Crippen LogP contribution in [0.1, 0.15) is 38.1 Å². The van der Waals surface area contributed by atoms with E-state index in [4.69, 9.17) is 5.73 Å². The van der Waals surface area contributed by atoms with E-state index in [-0.39, 0.29) is 5.91 Å². The van der Waals surface area contributed by atoms with Crippen molar-refractivity contribution in [2.45, 2.75) is 27.7 Å². The molecule has 0 aliphatic heterocycles. The number of nitrogen functional groups attached to an aromatic ring is 1. The number of nitrogens with two attached hydrogens (primary N) is 1. The van der Waals surface area contributed by atoms with E-state index in [1.54, 1.807) is 12.1 Å². The average molecular weight is 327 g/mol. The van der Waals surface area contributed by atoms with Crippen molar-refractivity contribution in [1.82, 2.24) is 4.90 Å². The third kappa shape index (κ3) is 4.86. The summed E-state index contributed by atoms with van der Waals surface area (Å²) in [5.41, 5.74) is 7.03. The first-order valence-corrected chi connectivity index (χ1v) is 7.44. The molecule has 0 radical (unpaired) electrons. The van der Waals surface area contributed by atoms with Crippen LogP contribution in [0.5, 0.6) is 0 Å². The van der Waals surface area contributed by atoms with Crippen LogP contribution in [0.25, 0.3) is 0 Å². The van der Waals surface area contributed by atoms with E-state index >= 15 is 0 Å². The molecule has 1 rings (SSSR count). The van der Waals surface area contributed by atoms with Crippen molar-refractivity contribution in [2.24, 2.45) is 11.8 Å². The Bertz CT molecular complexity index is 434. The Kier molecular flexibility index (Phi) is 5.85. The van der Waals surface area contributed by atoms with Crippen molar-refractivity contribution < 1.29 is 4.79 Å². The Morgan fingerprint density at radius 3 is 2.21 bits per heavy atom. The number of hydrogen-bond acceptors (Lipinski definition) is 2. The number of amides is 1. The highest BCUT2D eigenvalue weighted by Gasteiger charge is 2.20. The van der Waals surface area contributed by atoms with Crippen LogP contribution in [0.4, 0.5) is 5.69 Å². The molecule has 1 amide bonds. The van der Waals surface area contributed by atoms with Crippen LogP contribution in [0, 0.1) is 11.8 Å². The molecule has 2 N–H and O–H groups in total. The summed E-state index contributed by atoms with van der Waals surface area (Å²) in [6.07, 6.45) is 0. The average Bonchev–Trinajstić information content (AvgIpc) is 2.29. The maximum atomic E-state index is 12.6. The SMILES string of the molecule is CC(C)CN(CC(C)C)C(=O)c1cc(N)ccc1Br. The number of halogens is 1. The number of rotatable bonds is 5. The predicted octanol–water partition coefficient (Wildman–Crippen LogP) is 3.79. The smallest absolute Gasteiger partial charge is 0.255 e. The third-order valence-corrected chi connectivity index (χ3v) is 3.37. The highest BCUT2D eigenvalue weighted by Crippen LogP contribution is 2.22. The molecule has 1 aromatic rings. The topological polar surface area (TPSA) is 46.3 Å². The van der Waals surface area contributed by atoms with Gasteiger partial charge >= 0.3 is 0 Å². The van der Waals surface area contributed by atoms with Crippen LogP contribution in [-0.4, -0.2) is 23.9 Å². The summed E-state index contributed by atoms with van der Waals surface area (Å²) >= 11 is 3.43. The van der Waals surface area contributed by atoms with Crippen molar-refractivity contribution in [3.8, 4) is 0 Å². The largest absolute Gasteiger partial charge is 0.399 e. The van der Waals surface area contributed by atoms with Crippen LogP contribution in [0.2, 0.25) is 0 Å². The van der Waals surface area contributed by atoms with Crippen LogP contribution < -0.4 is 5.73 Å². The molecule has 0 atom stereocenters. The van der Waals surface area contributed by atoms with Crippen LogP contribution in [0.3, 0.4) is 0 Å². The Morgan fingerprint density at radius 1 is 1.21 bits per heavy atom. The maximum Gasteiger partial charge on any atom is 0.255 e. The van der Waals surface area contributed by atoms with Crippen LogP contribution in [0.15, 0.2) is 22.7 Å². The fraction of sp³-hybridized carbons (Fsp3) is 0.533. The van der Waals surface area contributed by atoms with Crippen LogP contribution in [-0.2, 0) is 0 Å². The van der Waals surface area contributed by atoms with Crippen molar-refractivity contribution in [2.75, 3.05) is 18.8 Å². The zero-order valence-electron chi connectivity index (χ0n) is 12.1. The zero-order chi connectivity index (χ0) is 14.6. The van der Waals surface area contributed by atoms with Gasteiger partial charge < -0.3 is 10.6 Å². The fourth-order valence-corrected chi connectivity index (χ4v) is 2.42. The van der Waals surface area contributed by atoms with Crippen molar-refractivity contribution in [1.29, 1.82) is 0 Å². The van der Waals surface area contributed by atoms with Gasteiger partial charge in [-0.25, -0.2) is 0 Å². The van der Waals surface area contributed by atoms with Gasteiger partial charge in [0.05, 0.1) is 5.56 Å². The predicted molar refractivity (Wildman–Crippen MR) is 84.1 cm³/mol. The molecule has 0 unspecified atom stereocenters. The third-order valence-electron chi connectivity index (χ3n) is 2.68. The number of carbonyl (C=O) groups excluding carboxylic acids is 1. The van der Waals surface area contributed by atoms with E-state index in [0.717, 1.165) is 17.6 Å². The van der Waals surface area contributed by atoms with E-state index in [1.807, 2.05) is 11.0 Å². The first-order chi connectivity index (χ1) is 8.81. The van der Waals surface area contributed by atoms with E-state index < -0.39 is 0 Å². The molecule has 0 aromatic heterocycles. The molecule has 0 saturated heterocycles. The molecule has 19 heavy (non-hydrogen) atoms. The molecule has 4 heteroatoms. The molecule has 0 fully saturated rings. The first kappa shape index (κ1) is 16.0. The second-order valence-corrected chi connectivity index (χ2v) is 6.59. The van der Waals surface area contributed by atoms with Gasteiger partial charge in [0, 0.05) is 23.2 Å². The second kappa shape index (κ2) is 6.94. The minimum Gasteiger partial charge on any atom is -0.399 e. The molecule has 1 aromatic carbocycles. The van der Waals surface area contributed by atoms with E-state index in [1.165, 1.54) is 0 Å². The summed E-state index contributed by atoms with van der Waals surface area (Å²) in [5.74, 6) is 0.937. The van der Waals surface area contributed by atoms with Gasteiger partial charge in [-0.3, -0.25) is 4.79 Å². The van der Waals surface area contributed by atoms with Gasteiger partial charge in [-0.15, -0.1) is 0 Å². The second-order valence-electron chi connectivity index (χ2n) is 5.74. The minimum atomic E-state index is 0.0431.